The Morgan fingerprint density at radius 1 is 1.39 bits per heavy atom. The van der Waals surface area contributed by atoms with Crippen LogP contribution in [-0.4, -0.2) is 24.1 Å². The summed E-state index contributed by atoms with van der Waals surface area (Å²) in [6.07, 6.45) is 1.18. The van der Waals surface area contributed by atoms with Crippen LogP contribution in [0.5, 0.6) is 0 Å². The predicted molar refractivity (Wildman–Crippen MR) is 76.7 cm³/mol. The Balaban J connectivity index is 2.27. The molecule has 1 rings (SSSR count). The van der Waals surface area contributed by atoms with Crippen LogP contribution in [0.1, 0.15) is 25.3 Å². The highest BCUT2D eigenvalue weighted by atomic mass is 32.1. The lowest BCUT2D eigenvalue weighted by atomic mass is 10.2. The maximum atomic E-state index is 11.1. The number of hydrogen-bond acceptors (Lipinski definition) is 4. The molecule has 0 atom stereocenters. The van der Waals surface area contributed by atoms with E-state index >= 15 is 0 Å². The Kier molecular flexibility index (Phi) is 6.14. The van der Waals surface area contributed by atoms with E-state index in [2.05, 4.69) is 5.32 Å². The number of esters is 1. The molecule has 0 fully saturated rings. The summed E-state index contributed by atoms with van der Waals surface area (Å²) >= 11 is 4.87. The van der Waals surface area contributed by atoms with Crippen molar-refractivity contribution in [3.8, 4) is 0 Å². The van der Waals surface area contributed by atoms with Gasteiger partial charge in [0.25, 0.3) is 0 Å². The molecule has 4 nitrogen and oxygen atoms in total. The third kappa shape index (κ3) is 5.14. The smallest absolute Gasteiger partial charge is 0.305 e. The number of benzene rings is 1. The Labute approximate surface area is 113 Å². The van der Waals surface area contributed by atoms with Gasteiger partial charge in [0.05, 0.1) is 6.61 Å². The van der Waals surface area contributed by atoms with Crippen molar-refractivity contribution >= 4 is 28.9 Å². The number of nitrogens with two attached hydrogens (primary N) is 1. The fourth-order valence-electron chi connectivity index (χ4n) is 1.45. The maximum absolute atomic E-state index is 11.1. The minimum atomic E-state index is -0.150. The van der Waals surface area contributed by atoms with Crippen molar-refractivity contribution in [2.45, 2.75) is 19.8 Å². The van der Waals surface area contributed by atoms with Gasteiger partial charge in [-0.1, -0.05) is 12.2 Å². The highest BCUT2D eigenvalue weighted by Crippen LogP contribution is 2.09. The van der Waals surface area contributed by atoms with Gasteiger partial charge in [-0.15, -0.1) is 0 Å². The molecule has 3 N–H and O–H groups in total. The van der Waals surface area contributed by atoms with Gasteiger partial charge in [0, 0.05) is 24.2 Å². The number of rotatable bonds is 7. The van der Waals surface area contributed by atoms with Crippen molar-refractivity contribution in [2.75, 3.05) is 18.5 Å². The van der Waals surface area contributed by atoms with E-state index in [0.29, 0.717) is 18.0 Å². The normalized spacial score (nSPS) is 9.83. The van der Waals surface area contributed by atoms with Crippen molar-refractivity contribution in [3.63, 3.8) is 0 Å². The molecule has 0 saturated carbocycles. The first-order valence-corrected chi connectivity index (χ1v) is 6.33. The summed E-state index contributed by atoms with van der Waals surface area (Å²) in [7, 11) is 0. The van der Waals surface area contributed by atoms with Gasteiger partial charge < -0.3 is 15.8 Å². The quantitative estimate of drug-likeness (QED) is 0.449. The number of nitrogens with one attached hydrogen (secondary N) is 1. The molecule has 0 spiro atoms. The zero-order valence-electron chi connectivity index (χ0n) is 10.4. The van der Waals surface area contributed by atoms with E-state index in [4.69, 9.17) is 22.7 Å². The third-order valence-corrected chi connectivity index (χ3v) is 2.60. The van der Waals surface area contributed by atoms with E-state index in [0.717, 1.165) is 24.2 Å². The molecule has 0 aromatic heterocycles. The van der Waals surface area contributed by atoms with Crippen LogP contribution in [0.4, 0.5) is 5.69 Å². The van der Waals surface area contributed by atoms with Crippen LogP contribution in [-0.2, 0) is 9.53 Å². The van der Waals surface area contributed by atoms with Gasteiger partial charge in [0.1, 0.15) is 4.99 Å². The van der Waals surface area contributed by atoms with E-state index in [-0.39, 0.29) is 5.97 Å². The van der Waals surface area contributed by atoms with Crippen molar-refractivity contribution < 1.29 is 9.53 Å². The molecular weight excluding hydrogens is 248 g/mol. The molecule has 0 radical (unpaired) electrons. The monoisotopic (exact) mass is 266 g/mol. The number of carbonyl (C=O) groups is 1. The minimum Gasteiger partial charge on any atom is -0.466 e. The molecule has 0 heterocycles. The molecule has 0 aliphatic rings. The fourth-order valence-corrected chi connectivity index (χ4v) is 1.59. The molecule has 0 bridgehead atoms. The predicted octanol–water partition coefficient (Wildman–Crippen LogP) is 2.08. The second kappa shape index (κ2) is 7.66. The van der Waals surface area contributed by atoms with Crippen LogP contribution < -0.4 is 11.1 Å². The molecule has 0 saturated heterocycles. The first kappa shape index (κ1) is 14.4. The van der Waals surface area contributed by atoms with E-state index in [1.165, 1.54) is 0 Å². The van der Waals surface area contributed by atoms with Gasteiger partial charge in [-0.3, -0.25) is 4.79 Å². The highest BCUT2D eigenvalue weighted by Gasteiger charge is 2.01. The van der Waals surface area contributed by atoms with Crippen molar-refractivity contribution in [2.24, 2.45) is 5.73 Å². The largest absolute Gasteiger partial charge is 0.466 e. The molecule has 1 aromatic carbocycles. The number of thiocarbonyl (C=S) groups is 1. The van der Waals surface area contributed by atoms with E-state index in [1.807, 2.05) is 24.3 Å². The topological polar surface area (TPSA) is 64.3 Å². The zero-order chi connectivity index (χ0) is 13.4. The van der Waals surface area contributed by atoms with Gasteiger partial charge in [-0.05, 0) is 37.6 Å². The summed E-state index contributed by atoms with van der Waals surface area (Å²) in [6, 6.07) is 7.57. The van der Waals surface area contributed by atoms with Crippen LogP contribution >= 0.6 is 12.2 Å². The van der Waals surface area contributed by atoms with Crippen LogP contribution in [0.2, 0.25) is 0 Å². The Hall–Kier alpha value is -1.62. The Morgan fingerprint density at radius 2 is 2.06 bits per heavy atom. The first-order chi connectivity index (χ1) is 8.63. The lowest BCUT2D eigenvalue weighted by Crippen LogP contribution is -2.10. The van der Waals surface area contributed by atoms with Crippen LogP contribution in [0, 0.1) is 0 Å². The molecule has 5 heteroatoms. The average molecular weight is 266 g/mol. The van der Waals surface area contributed by atoms with Crippen molar-refractivity contribution in [1.29, 1.82) is 0 Å². The van der Waals surface area contributed by atoms with Gasteiger partial charge in [-0.2, -0.15) is 0 Å². The molecule has 0 amide bonds. The highest BCUT2D eigenvalue weighted by molar-refractivity contribution is 7.80. The van der Waals surface area contributed by atoms with Crippen molar-refractivity contribution in [3.05, 3.63) is 29.8 Å². The van der Waals surface area contributed by atoms with Gasteiger partial charge in [0.15, 0.2) is 0 Å². The molecule has 0 aliphatic carbocycles. The van der Waals surface area contributed by atoms with Gasteiger partial charge in [-0.25, -0.2) is 0 Å². The van der Waals surface area contributed by atoms with Crippen LogP contribution in [0.3, 0.4) is 0 Å². The molecule has 0 aliphatic heterocycles. The summed E-state index contributed by atoms with van der Waals surface area (Å²) in [5, 5.41) is 3.22. The second-order valence-electron chi connectivity index (χ2n) is 3.78. The standard InChI is InChI=1S/C13H18N2O2S/c1-2-17-12(16)4-3-9-15-11-7-5-10(6-8-11)13(14)18/h5-8,15H,2-4,9H2,1H3,(H2,14,18). The molecule has 1 aromatic rings. The van der Waals surface area contributed by atoms with Gasteiger partial charge >= 0.3 is 5.97 Å². The van der Waals surface area contributed by atoms with E-state index in [1.54, 1.807) is 6.92 Å². The Bertz CT molecular complexity index is 404. The number of hydrogen-bond donors (Lipinski definition) is 2. The summed E-state index contributed by atoms with van der Waals surface area (Å²) in [5.41, 5.74) is 7.34. The zero-order valence-corrected chi connectivity index (χ0v) is 11.3. The lowest BCUT2D eigenvalue weighted by molar-refractivity contribution is -0.143. The van der Waals surface area contributed by atoms with Crippen LogP contribution in [0.15, 0.2) is 24.3 Å². The second-order valence-corrected chi connectivity index (χ2v) is 4.22. The molecule has 98 valence electrons. The van der Waals surface area contributed by atoms with Crippen molar-refractivity contribution in [1.82, 2.24) is 0 Å². The third-order valence-electron chi connectivity index (χ3n) is 2.36. The minimum absolute atomic E-state index is 0.150. The summed E-state index contributed by atoms with van der Waals surface area (Å²) < 4.78 is 4.84. The summed E-state index contributed by atoms with van der Waals surface area (Å²) in [5.74, 6) is -0.150. The average Bonchev–Trinajstić information content (AvgIpc) is 2.35. The van der Waals surface area contributed by atoms with Crippen LogP contribution in [0.25, 0.3) is 0 Å². The SMILES string of the molecule is CCOC(=O)CCCNc1ccc(C(N)=S)cc1. The molecule has 18 heavy (non-hydrogen) atoms. The van der Waals surface area contributed by atoms with E-state index < -0.39 is 0 Å². The lowest BCUT2D eigenvalue weighted by Gasteiger charge is -2.07. The first-order valence-electron chi connectivity index (χ1n) is 5.93. The fraction of sp³-hybridized carbons (Fsp3) is 0.385. The molecule has 0 unspecified atom stereocenters. The number of carbonyl (C=O) groups excluding carboxylic acids is 1. The van der Waals surface area contributed by atoms with Gasteiger partial charge in [0.2, 0.25) is 0 Å². The Morgan fingerprint density at radius 3 is 2.61 bits per heavy atom. The molecular formula is C13H18N2O2S. The number of anilines is 1. The van der Waals surface area contributed by atoms with E-state index in [9.17, 15) is 4.79 Å². The number of ether oxygens (including phenoxy) is 1. The maximum Gasteiger partial charge on any atom is 0.305 e. The summed E-state index contributed by atoms with van der Waals surface area (Å²) in [6.45, 7) is 2.97. The summed E-state index contributed by atoms with van der Waals surface area (Å²) in [4.78, 5) is 11.5.